The Labute approximate surface area is 229 Å². The molecular weight excluding hydrogens is 664 g/mol. The average molecular weight is 677 g/mol. The van der Waals surface area contributed by atoms with Crippen LogP contribution in [0.2, 0.25) is 0 Å². The third kappa shape index (κ3) is 4.26. The first-order valence-electron chi connectivity index (χ1n) is 10.2. The zero-order valence-corrected chi connectivity index (χ0v) is 23.2. The highest BCUT2D eigenvalue weighted by atomic mass is 79.9. The molecule has 1 fully saturated rings. The van der Waals surface area contributed by atoms with Gasteiger partial charge in [-0.2, -0.15) is 9.69 Å². The Morgan fingerprint density at radius 1 is 0.829 bits per heavy atom. The molecule has 0 bridgehead atoms. The van der Waals surface area contributed by atoms with Crippen molar-refractivity contribution in [2.24, 2.45) is 0 Å². The van der Waals surface area contributed by atoms with Crippen LogP contribution in [0.5, 0.6) is 0 Å². The maximum Gasteiger partial charge on any atom is 0.281 e. The number of hydrogen-bond acceptors (Lipinski definition) is 5. The first-order valence-corrected chi connectivity index (χ1v) is 13.0. The van der Waals surface area contributed by atoms with Crippen LogP contribution in [0.1, 0.15) is 6.42 Å². The summed E-state index contributed by atoms with van der Waals surface area (Å²) in [6.07, 6.45) is -0.461. The number of halogens is 3. The number of carbonyl (C=O) groups excluding carboxylic acids is 2. The van der Waals surface area contributed by atoms with Crippen molar-refractivity contribution >= 4 is 93.5 Å². The maximum absolute atomic E-state index is 13.9. The number of carbonyl (C=O) groups is 2. The summed E-state index contributed by atoms with van der Waals surface area (Å²) >= 11 is 15.9. The van der Waals surface area contributed by atoms with Gasteiger partial charge >= 0.3 is 0 Å². The zero-order chi connectivity index (χ0) is 24.9. The molecule has 0 spiro atoms. The Morgan fingerprint density at radius 2 is 1.51 bits per heavy atom. The summed E-state index contributed by atoms with van der Waals surface area (Å²) in [7, 11) is 0. The van der Waals surface area contributed by atoms with E-state index in [4.69, 9.17) is 17.2 Å². The minimum atomic E-state index is -0.622. The Kier molecular flexibility index (Phi) is 6.43. The molecule has 0 N–H and O–H groups in total. The second kappa shape index (κ2) is 9.38. The summed E-state index contributed by atoms with van der Waals surface area (Å²) in [5, 5.41) is 1.20. The highest BCUT2D eigenvalue weighted by Gasteiger charge is 2.39. The van der Waals surface area contributed by atoms with Crippen molar-refractivity contribution in [3.63, 3.8) is 0 Å². The van der Waals surface area contributed by atoms with Crippen LogP contribution >= 0.6 is 60.0 Å². The lowest BCUT2D eigenvalue weighted by atomic mass is 10.2. The Bertz CT molecular complexity index is 1590. The smallest absolute Gasteiger partial charge is 0.273 e. The van der Waals surface area contributed by atoms with Gasteiger partial charge in [0.2, 0.25) is 11.0 Å². The Hall–Kier alpha value is -2.73. The number of thiocarbonyl (C=S) groups is 1. The van der Waals surface area contributed by atoms with Crippen molar-refractivity contribution in [3.05, 3.63) is 90.5 Å². The number of aromatic nitrogens is 2. The van der Waals surface area contributed by atoms with E-state index >= 15 is 0 Å². The molecule has 0 atom stereocenters. The van der Waals surface area contributed by atoms with Crippen LogP contribution in [-0.4, -0.2) is 26.6 Å². The highest BCUT2D eigenvalue weighted by Crippen LogP contribution is 2.29. The average Bonchev–Trinajstić information content (AvgIpc) is 2.82. The fraction of sp³-hybridized carbons (Fsp3) is 0.0417. The number of amides is 2. The van der Waals surface area contributed by atoms with E-state index in [1.165, 1.54) is 4.90 Å². The maximum atomic E-state index is 13.9. The van der Waals surface area contributed by atoms with Gasteiger partial charge in [-0.25, -0.2) is 4.98 Å². The molecule has 11 heteroatoms. The van der Waals surface area contributed by atoms with Gasteiger partial charge in [-0.05, 0) is 64.5 Å². The first kappa shape index (κ1) is 24.0. The van der Waals surface area contributed by atoms with Crippen LogP contribution in [0.3, 0.4) is 0 Å². The molecular formula is C24H13Br3N4O3S. The Balaban J connectivity index is 1.79. The third-order valence-corrected chi connectivity index (χ3v) is 7.29. The van der Waals surface area contributed by atoms with Gasteiger partial charge < -0.3 is 0 Å². The van der Waals surface area contributed by atoms with Crippen molar-refractivity contribution in [2.75, 3.05) is 9.91 Å². The monoisotopic (exact) mass is 674 g/mol. The van der Waals surface area contributed by atoms with Crippen LogP contribution in [0.15, 0.2) is 84.9 Å². The summed E-state index contributed by atoms with van der Waals surface area (Å²) in [5.74, 6) is -0.887. The quantitative estimate of drug-likeness (QED) is 0.211. The Morgan fingerprint density at radius 3 is 2.20 bits per heavy atom. The summed E-state index contributed by atoms with van der Waals surface area (Å²) in [6, 6.07) is 19.4. The van der Waals surface area contributed by atoms with Gasteiger partial charge in [-0.15, -0.1) is 0 Å². The SMILES string of the molecule is O=C1CC(=O)N(n2c(-c3ccccc3)nc3c(Br)cc(Br)cc3c2=O)C(=S)N1c1ccc(Br)cc1. The van der Waals surface area contributed by atoms with Crippen LogP contribution < -0.4 is 15.5 Å². The van der Waals surface area contributed by atoms with Gasteiger partial charge in [-0.1, -0.05) is 62.2 Å². The van der Waals surface area contributed by atoms with E-state index in [9.17, 15) is 14.4 Å². The van der Waals surface area contributed by atoms with Crippen molar-refractivity contribution in [1.82, 2.24) is 9.66 Å². The molecule has 2 amide bonds. The predicted molar refractivity (Wildman–Crippen MR) is 149 cm³/mol. The van der Waals surface area contributed by atoms with E-state index in [0.717, 1.165) is 14.2 Å². The van der Waals surface area contributed by atoms with Gasteiger partial charge in [0.15, 0.2) is 5.82 Å². The number of anilines is 1. The molecule has 1 saturated heterocycles. The molecule has 0 radical (unpaired) electrons. The molecule has 3 aromatic carbocycles. The minimum absolute atomic E-state index is 0.136. The molecule has 0 unspecified atom stereocenters. The van der Waals surface area contributed by atoms with Gasteiger partial charge in [0.25, 0.3) is 11.5 Å². The number of nitrogens with zero attached hydrogens (tertiary/aromatic N) is 4. The minimum Gasteiger partial charge on any atom is -0.273 e. The van der Waals surface area contributed by atoms with E-state index in [1.54, 1.807) is 60.7 Å². The van der Waals surface area contributed by atoms with E-state index in [0.29, 0.717) is 25.7 Å². The van der Waals surface area contributed by atoms with Gasteiger partial charge in [0, 0.05) is 19.0 Å². The van der Waals surface area contributed by atoms with Crippen molar-refractivity contribution in [3.8, 4) is 11.4 Å². The van der Waals surface area contributed by atoms with E-state index in [1.807, 2.05) is 6.07 Å². The summed E-state index contributed by atoms with van der Waals surface area (Å²) in [4.78, 5) is 46.0. The number of fused-ring (bicyclic) bond motifs is 1. The molecule has 5 rings (SSSR count). The van der Waals surface area contributed by atoms with Crippen molar-refractivity contribution < 1.29 is 9.59 Å². The second-order valence-corrected chi connectivity index (χ2v) is 10.6. The summed E-state index contributed by atoms with van der Waals surface area (Å²) in [6.45, 7) is 0. The van der Waals surface area contributed by atoms with Gasteiger partial charge in [-0.3, -0.25) is 19.3 Å². The van der Waals surface area contributed by atoms with Gasteiger partial charge in [0.1, 0.15) is 6.42 Å². The first-order chi connectivity index (χ1) is 16.8. The molecule has 0 saturated carbocycles. The molecule has 1 aliphatic rings. The number of rotatable bonds is 3. The van der Waals surface area contributed by atoms with Crippen LogP contribution in [-0.2, 0) is 9.59 Å². The second-order valence-electron chi connectivity index (χ2n) is 7.57. The van der Waals surface area contributed by atoms with Crippen LogP contribution in [0, 0.1) is 0 Å². The summed E-state index contributed by atoms with van der Waals surface area (Å²) < 4.78 is 3.25. The van der Waals surface area contributed by atoms with Crippen LogP contribution in [0.4, 0.5) is 5.69 Å². The number of hydrogen-bond donors (Lipinski definition) is 0. The standard InChI is InChI=1S/C24H13Br3N4O3S/c25-14-6-8-16(9-7-14)29-19(32)12-20(33)30(24(29)35)31-22(13-4-2-1-3-5-13)28-21-17(23(31)34)10-15(26)11-18(21)27/h1-11H,12H2. The predicted octanol–water partition coefficient (Wildman–Crippen LogP) is 5.54. The molecule has 4 aromatic rings. The molecule has 174 valence electrons. The third-order valence-electron chi connectivity index (χ3n) is 5.35. The zero-order valence-electron chi connectivity index (χ0n) is 17.6. The lowest BCUT2D eigenvalue weighted by Gasteiger charge is -2.36. The summed E-state index contributed by atoms with van der Waals surface area (Å²) in [5.41, 5.74) is 1.01. The van der Waals surface area contributed by atoms with E-state index in [2.05, 4.69) is 47.8 Å². The normalized spacial score (nSPS) is 14.2. The lowest BCUT2D eigenvalue weighted by Crippen LogP contribution is -2.62. The lowest BCUT2D eigenvalue weighted by molar-refractivity contribution is -0.127. The molecule has 35 heavy (non-hydrogen) atoms. The largest absolute Gasteiger partial charge is 0.281 e. The van der Waals surface area contributed by atoms with E-state index in [-0.39, 0.29) is 16.3 Å². The highest BCUT2D eigenvalue weighted by molar-refractivity contribution is 9.11. The fourth-order valence-corrected chi connectivity index (χ4v) is 5.77. The van der Waals surface area contributed by atoms with Gasteiger partial charge in [0.05, 0.1) is 16.6 Å². The van der Waals surface area contributed by atoms with Crippen molar-refractivity contribution in [2.45, 2.75) is 6.42 Å². The van der Waals surface area contributed by atoms with Crippen molar-refractivity contribution in [1.29, 1.82) is 0 Å². The molecule has 1 aromatic heterocycles. The molecule has 2 heterocycles. The van der Waals surface area contributed by atoms with E-state index < -0.39 is 23.8 Å². The van der Waals surface area contributed by atoms with Crippen LogP contribution in [0.25, 0.3) is 22.3 Å². The topological polar surface area (TPSA) is 75.5 Å². The molecule has 0 aliphatic carbocycles. The number of benzene rings is 3. The molecule has 1 aliphatic heterocycles. The molecule has 7 nitrogen and oxygen atoms in total. The fourth-order valence-electron chi connectivity index (χ4n) is 3.80.